The second-order valence-electron chi connectivity index (χ2n) is 3.45. The molecular weight excluding hydrogens is 277 g/mol. The molecule has 0 spiro atoms. The minimum absolute atomic E-state index is 0. The normalized spacial score (nSPS) is 9.28. The molecule has 0 fully saturated rings. The Morgan fingerprint density at radius 2 is 1.89 bits per heavy atom. The van der Waals surface area contributed by atoms with Crippen LogP contribution in [0.1, 0.15) is 6.92 Å². The van der Waals surface area contributed by atoms with Crippen molar-refractivity contribution in [3.8, 4) is 0 Å². The number of anilines is 2. The van der Waals surface area contributed by atoms with Crippen molar-refractivity contribution in [1.82, 2.24) is 5.32 Å². The topological polar surface area (TPSA) is 70.2 Å². The molecule has 0 aromatic heterocycles. The van der Waals surface area contributed by atoms with Crippen molar-refractivity contribution in [2.75, 3.05) is 24.2 Å². The minimum atomic E-state index is -0.212. The van der Waals surface area contributed by atoms with E-state index in [0.29, 0.717) is 16.4 Å². The third kappa shape index (κ3) is 5.35. The van der Waals surface area contributed by atoms with E-state index in [2.05, 4.69) is 16.0 Å². The molecule has 1 rings (SSSR count). The maximum absolute atomic E-state index is 11.4. The van der Waals surface area contributed by atoms with Gasteiger partial charge in [-0.25, -0.2) is 0 Å². The van der Waals surface area contributed by atoms with Gasteiger partial charge in [0, 0.05) is 11.9 Å². The lowest BCUT2D eigenvalue weighted by Gasteiger charge is -2.11. The highest BCUT2D eigenvalue weighted by molar-refractivity contribution is 6.31. The highest BCUT2D eigenvalue weighted by atomic mass is 35.5. The number of carbonyl (C=O) groups is 2. The van der Waals surface area contributed by atoms with E-state index in [1.54, 1.807) is 25.2 Å². The van der Waals surface area contributed by atoms with Gasteiger partial charge in [-0.2, -0.15) is 0 Å². The highest BCUT2D eigenvalue weighted by Crippen LogP contribution is 2.25. The first kappa shape index (κ1) is 16.7. The van der Waals surface area contributed by atoms with Crippen LogP contribution in [-0.4, -0.2) is 25.4 Å². The van der Waals surface area contributed by atoms with E-state index in [4.69, 9.17) is 11.6 Å². The van der Waals surface area contributed by atoms with E-state index in [1.165, 1.54) is 6.92 Å². The molecule has 3 N–H and O–H groups in total. The molecule has 0 aliphatic carbocycles. The fourth-order valence-corrected chi connectivity index (χ4v) is 1.45. The average molecular weight is 292 g/mol. The van der Waals surface area contributed by atoms with Crippen LogP contribution in [-0.2, 0) is 9.59 Å². The van der Waals surface area contributed by atoms with Crippen LogP contribution in [0, 0.1) is 0 Å². The quantitative estimate of drug-likeness (QED) is 0.793. The van der Waals surface area contributed by atoms with Crippen LogP contribution in [0.3, 0.4) is 0 Å². The van der Waals surface area contributed by atoms with Crippen LogP contribution in [0.4, 0.5) is 11.4 Å². The van der Waals surface area contributed by atoms with Crippen molar-refractivity contribution in [3.63, 3.8) is 0 Å². The van der Waals surface area contributed by atoms with E-state index in [-0.39, 0.29) is 30.8 Å². The molecule has 5 nitrogen and oxygen atoms in total. The van der Waals surface area contributed by atoms with E-state index in [0.717, 1.165) is 0 Å². The Kier molecular flexibility index (Phi) is 7.35. The molecular formula is C11H15Cl2N3O2. The summed E-state index contributed by atoms with van der Waals surface area (Å²) in [5.41, 5.74) is 0.999. The lowest BCUT2D eigenvalue weighted by atomic mass is 10.2. The number of likely N-dealkylation sites (N-methyl/N-ethyl adjacent to an activating group) is 1. The van der Waals surface area contributed by atoms with Crippen LogP contribution < -0.4 is 16.0 Å². The van der Waals surface area contributed by atoms with Gasteiger partial charge in [0.2, 0.25) is 11.8 Å². The van der Waals surface area contributed by atoms with E-state index < -0.39 is 0 Å². The van der Waals surface area contributed by atoms with Gasteiger partial charge in [0.25, 0.3) is 0 Å². The first-order valence-corrected chi connectivity index (χ1v) is 5.42. The standard InChI is InChI=1S/C11H14ClN3O2.ClH/c1-7(16)14-9-4-3-8(12)5-10(9)15-11(17)6-13-2;/h3-5,13H,6H2,1-2H3,(H,14,16)(H,15,17);1H. The molecule has 0 aliphatic heterocycles. The van der Waals surface area contributed by atoms with Gasteiger partial charge in [0.1, 0.15) is 0 Å². The van der Waals surface area contributed by atoms with Crippen LogP contribution in [0.15, 0.2) is 18.2 Å². The lowest BCUT2D eigenvalue weighted by molar-refractivity contribution is -0.115. The summed E-state index contributed by atoms with van der Waals surface area (Å²) in [4.78, 5) is 22.4. The zero-order valence-electron chi connectivity index (χ0n) is 10.0. The average Bonchev–Trinajstić information content (AvgIpc) is 2.22. The number of hydrogen-bond donors (Lipinski definition) is 3. The summed E-state index contributed by atoms with van der Waals surface area (Å²) < 4.78 is 0. The summed E-state index contributed by atoms with van der Waals surface area (Å²) in [6, 6.07) is 4.86. The van der Waals surface area contributed by atoms with Crippen molar-refractivity contribution in [2.45, 2.75) is 6.92 Å². The van der Waals surface area contributed by atoms with E-state index >= 15 is 0 Å². The summed E-state index contributed by atoms with van der Waals surface area (Å²) in [7, 11) is 1.67. The third-order valence-corrected chi connectivity index (χ3v) is 2.14. The number of nitrogens with one attached hydrogen (secondary N) is 3. The lowest BCUT2D eigenvalue weighted by Crippen LogP contribution is -2.25. The third-order valence-electron chi connectivity index (χ3n) is 1.90. The van der Waals surface area contributed by atoms with Gasteiger partial charge in [-0.05, 0) is 25.2 Å². The molecule has 1 aromatic rings. The molecule has 0 bridgehead atoms. The van der Waals surface area contributed by atoms with Gasteiger partial charge in [0.05, 0.1) is 17.9 Å². The number of rotatable bonds is 4. The zero-order valence-corrected chi connectivity index (χ0v) is 11.6. The Labute approximate surface area is 117 Å². The van der Waals surface area contributed by atoms with Crippen LogP contribution >= 0.6 is 24.0 Å². The molecule has 0 aliphatic rings. The maximum Gasteiger partial charge on any atom is 0.238 e. The molecule has 0 radical (unpaired) electrons. The van der Waals surface area contributed by atoms with Gasteiger partial charge in [-0.3, -0.25) is 9.59 Å². The fourth-order valence-electron chi connectivity index (χ4n) is 1.27. The second-order valence-corrected chi connectivity index (χ2v) is 3.89. The molecule has 0 heterocycles. The Hall–Kier alpha value is -1.30. The summed E-state index contributed by atoms with van der Waals surface area (Å²) in [6.45, 7) is 1.58. The molecule has 100 valence electrons. The van der Waals surface area contributed by atoms with Crippen LogP contribution in [0.2, 0.25) is 5.02 Å². The Morgan fingerprint density at radius 3 is 2.44 bits per heavy atom. The molecule has 7 heteroatoms. The van der Waals surface area contributed by atoms with Gasteiger partial charge in [0.15, 0.2) is 0 Å². The van der Waals surface area contributed by atoms with Crippen molar-refractivity contribution >= 4 is 47.2 Å². The first-order chi connectivity index (χ1) is 8.02. The van der Waals surface area contributed by atoms with Gasteiger partial charge in [-0.1, -0.05) is 11.6 Å². The minimum Gasteiger partial charge on any atom is -0.325 e. The predicted octanol–water partition coefficient (Wildman–Crippen LogP) is 1.88. The van der Waals surface area contributed by atoms with Gasteiger partial charge in [-0.15, -0.1) is 12.4 Å². The number of benzene rings is 1. The Bertz CT molecular complexity index is 438. The SMILES string of the molecule is CNCC(=O)Nc1cc(Cl)ccc1NC(C)=O.Cl. The summed E-state index contributed by atoms with van der Waals surface area (Å²) in [5, 5.41) is 8.49. The largest absolute Gasteiger partial charge is 0.325 e. The first-order valence-electron chi connectivity index (χ1n) is 5.04. The van der Waals surface area contributed by atoms with Crippen molar-refractivity contribution in [3.05, 3.63) is 23.2 Å². The van der Waals surface area contributed by atoms with Crippen molar-refractivity contribution in [2.24, 2.45) is 0 Å². The highest BCUT2D eigenvalue weighted by Gasteiger charge is 2.08. The number of amides is 2. The number of carbonyl (C=O) groups excluding carboxylic acids is 2. The van der Waals surface area contributed by atoms with Crippen LogP contribution in [0.5, 0.6) is 0 Å². The Balaban J connectivity index is 0.00000289. The summed E-state index contributed by atoms with van der Waals surface area (Å²) in [5.74, 6) is -0.419. The van der Waals surface area contributed by atoms with E-state index in [9.17, 15) is 9.59 Å². The molecule has 0 saturated heterocycles. The molecule has 18 heavy (non-hydrogen) atoms. The van der Waals surface area contributed by atoms with Crippen molar-refractivity contribution in [1.29, 1.82) is 0 Å². The maximum atomic E-state index is 11.4. The Morgan fingerprint density at radius 1 is 1.22 bits per heavy atom. The zero-order chi connectivity index (χ0) is 12.8. The molecule has 1 aromatic carbocycles. The fraction of sp³-hybridized carbons (Fsp3) is 0.273. The molecule has 2 amide bonds. The van der Waals surface area contributed by atoms with E-state index in [1.807, 2.05) is 0 Å². The number of hydrogen-bond acceptors (Lipinski definition) is 3. The summed E-state index contributed by atoms with van der Waals surface area (Å²) >= 11 is 5.83. The molecule has 0 saturated carbocycles. The smallest absolute Gasteiger partial charge is 0.238 e. The summed E-state index contributed by atoms with van der Waals surface area (Å²) in [6.07, 6.45) is 0. The van der Waals surface area contributed by atoms with Crippen LogP contribution in [0.25, 0.3) is 0 Å². The second kappa shape index (κ2) is 7.92. The number of halogens is 2. The predicted molar refractivity (Wildman–Crippen MR) is 75.6 cm³/mol. The van der Waals surface area contributed by atoms with Gasteiger partial charge >= 0.3 is 0 Å². The molecule has 0 unspecified atom stereocenters. The monoisotopic (exact) mass is 291 g/mol. The molecule has 0 atom stereocenters. The van der Waals surface area contributed by atoms with Gasteiger partial charge < -0.3 is 16.0 Å². The van der Waals surface area contributed by atoms with Crippen molar-refractivity contribution < 1.29 is 9.59 Å².